The van der Waals surface area contributed by atoms with Crippen molar-refractivity contribution < 1.29 is 9.50 Å². The molecule has 1 saturated heterocycles. The number of nitrogens with zero attached hydrogens (tertiary/aromatic N) is 1. The Morgan fingerprint density at radius 2 is 2.31 bits per heavy atom. The van der Waals surface area contributed by atoms with E-state index in [1.807, 2.05) is 0 Å². The molecular weight excluding hydrogens is 207 g/mol. The third-order valence-electron chi connectivity index (χ3n) is 3.23. The summed E-state index contributed by atoms with van der Waals surface area (Å²) in [7, 11) is 0. The van der Waals surface area contributed by atoms with Crippen LogP contribution in [0.3, 0.4) is 0 Å². The van der Waals surface area contributed by atoms with Crippen LogP contribution in [0.25, 0.3) is 0 Å². The van der Waals surface area contributed by atoms with E-state index >= 15 is 0 Å². The maximum absolute atomic E-state index is 12.8. The summed E-state index contributed by atoms with van der Waals surface area (Å²) < 4.78 is 12.8. The molecule has 1 fully saturated rings. The van der Waals surface area contributed by atoms with Gasteiger partial charge in [-0.25, -0.2) is 4.39 Å². The van der Waals surface area contributed by atoms with Gasteiger partial charge in [-0.15, -0.1) is 0 Å². The van der Waals surface area contributed by atoms with Gasteiger partial charge in [0.05, 0.1) is 11.9 Å². The first kappa shape index (κ1) is 11.5. The second-order valence-electron chi connectivity index (χ2n) is 4.51. The number of aromatic nitrogens is 1. The van der Waals surface area contributed by atoms with Gasteiger partial charge in [-0.3, -0.25) is 4.98 Å². The minimum atomic E-state index is -1.03. The van der Waals surface area contributed by atoms with Crippen LogP contribution in [0.4, 0.5) is 4.39 Å². The topological polar surface area (TPSA) is 45.2 Å². The van der Waals surface area contributed by atoms with Crippen LogP contribution >= 0.6 is 0 Å². The van der Waals surface area contributed by atoms with Crippen molar-refractivity contribution in [3.63, 3.8) is 0 Å². The van der Waals surface area contributed by atoms with Crippen molar-refractivity contribution in [2.75, 3.05) is 6.54 Å². The molecule has 0 bridgehead atoms. The van der Waals surface area contributed by atoms with Crippen molar-refractivity contribution in [3.05, 3.63) is 29.8 Å². The highest BCUT2D eigenvalue weighted by atomic mass is 19.1. The summed E-state index contributed by atoms with van der Waals surface area (Å²) in [4.78, 5) is 3.96. The van der Waals surface area contributed by atoms with Crippen molar-refractivity contribution in [2.24, 2.45) is 0 Å². The van der Waals surface area contributed by atoms with E-state index in [2.05, 4.69) is 10.3 Å². The van der Waals surface area contributed by atoms with Gasteiger partial charge in [0.1, 0.15) is 11.4 Å². The van der Waals surface area contributed by atoms with E-state index in [9.17, 15) is 9.50 Å². The summed E-state index contributed by atoms with van der Waals surface area (Å²) in [5, 5.41) is 13.7. The van der Waals surface area contributed by atoms with Gasteiger partial charge in [0.25, 0.3) is 0 Å². The average Bonchev–Trinajstić information content (AvgIpc) is 2.31. The maximum atomic E-state index is 12.8. The smallest absolute Gasteiger partial charge is 0.141 e. The zero-order valence-corrected chi connectivity index (χ0v) is 9.41. The van der Waals surface area contributed by atoms with Gasteiger partial charge in [-0.2, -0.15) is 0 Å². The minimum absolute atomic E-state index is 0.000730. The molecule has 16 heavy (non-hydrogen) atoms. The van der Waals surface area contributed by atoms with Gasteiger partial charge in [-0.05, 0) is 38.4 Å². The van der Waals surface area contributed by atoms with E-state index in [-0.39, 0.29) is 11.9 Å². The van der Waals surface area contributed by atoms with Gasteiger partial charge in [-0.1, -0.05) is 6.42 Å². The number of hydrogen-bond acceptors (Lipinski definition) is 3. The highest BCUT2D eigenvalue weighted by molar-refractivity contribution is 5.15. The zero-order chi connectivity index (χ0) is 11.6. The number of aliphatic hydroxyl groups is 1. The Kier molecular flexibility index (Phi) is 3.21. The summed E-state index contributed by atoms with van der Waals surface area (Å²) in [5.74, 6) is -0.379. The molecule has 0 aromatic carbocycles. The van der Waals surface area contributed by atoms with E-state index in [4.69, 9.17) is 0 Å². The van der Waals surface area contributed by atoms with Crippen LogP contribution < -0.4 is 5.32 Å². The number of nitrogens with one attached hydrogen (secondary N) is 1. The average molecular weight is 224 g/mol. The molecule has 88 valence electrons. The van der Waals surface area contributed by atoms with E-state index in [0.717, 1.165) is 32.0 Å². The molecule has 2 heterocycles. The molecule has 3 nitrogen and oxygen atoms in total. The lowest BCUT2D eigenvalue weighted by molar-refractivity contribution is 0.00170. The normalized spacial score (nSPS) is 25.1. The molecule has 2 rings (SSSR count). The lowest BCUT2D eigenvalue weighted by Gasteiger charge is -2.35. The van der Waals surface area contributed by atoms with Crippen LogP contribution in [-0.2, 0) is 5.60 Å². The monoisotopic (exact) mass is 224 g/mol. The molecule has 1 aliphatic rings. The lowest BCUT2D eigenvalue weighted by atomic mass is 9.86. The second kappa shape index (κ2) is 4.47. The van der Waals surface area contributed by atoms with Crippen molar-refractivity contribution in [3.8, 4) is 0 Å². The Bertz CT molecular complexity index is 345. The first-order valence-electron chi connectivity index (χ1n) is 5.68. The molecule has 2 atom stereocenters. The zero-order valence-electron chi connectivity index (χ0n) is 9.41. The number of rotatable bonds is 2. The number of hydrogen-bond donors (Lipinski definition) is 2. The lowest BCUT2D eigenvalue weighted by Crippen LogP contribution is -2.49. The number of pyridine rings is 1. The van der Waals surface area contributed by atoms with Crippen molar-refractivity contribution in [1.29, 1.82) is 0 Å². The van der Waals surface area contributed by atoms with Gasteiger partial charge < -0.3 is 10.4 Å². The molecule has 0 spiro atoms. The maximum Gasteiger partial charge on any atom is 0.141 e. The fourth-order valence-electron chi connectivity index (χ4n) is 2.19. The van der Waals surface area contributed by atoms with Gasteiger partial charge >= 0.3 is 0 Å². The summed E-state index contributed by atoms with van der Waals surface area (Å²) >= 11 is 0. The van der Waals surface area contributed by atoms with Crippen LogP contribution in [0, 0.1) is 5.82 Å². The van der Waals surface area contributed by atoms with Crippen LogP contribution in [0.2, 0.25) is 0 Å². The molecule has 4 heteroatoms. The highest BCUT2D eigenvalue weighted by Crippen LogP contribution is 2.27. The molecule has 0 aliphatic carbocycles. The summed E-state index contributed by atoms with van der Waals surface area (Å²) in [6.45, 7) is 2.65. The van der Waals surface area contributed by atoms with Crippen molar-refractivity contribution in [2.45, 2.75) is 37.8 Å². The Morgan fingerprint density at radius 1 is 1.50 bits per heavy atom. The summed E-state index contributed by atoms with van der Waals surface area (Å²) in [6, 6.07) is 2.88. The Hall–Kier alpha value is -1.00. The molecule has 1 aliphatic heterocycles. The Balaban J connectivity index is 2.19. The molecule has 2 N–H and O–H groups in total. The second-order valence-corrected chi connectivity index (χ2v) is 4.51. The predicted molar refractivity (Wildman–Crippen MR) is 59.4 cm³/mol. The first-order valence-corrected chi connectivity index (χ1v) is 5.68. The molecule has 0 amide bonds. The predicted octanol–water partition coefficient (Wildman–Crippen LogP) is 1.57. The standard InChI is InChI=1S/C12H17FN2O/c1-12(16,10-4-2-3-7-14-10)11-6-5-9(13)8-15-11/h5-6,8,10,14,16H,2-4,7H2,1H3. The van der Waals surface area contributed by atoms with Gasteiger partial charge in [0, 0.05) is 6.04 Å². The quantitative estimate of drug-likeness (QED) is 0.801. The van der Waals surface area contributed by atoms with Crippen molar-refractivity contribution in [1.82, 2.24) is 10.3 Å². The van der Waals surface area contributed by atoms with E-state index in [0.29, 0.717) is 5.69 Å². The van der Waals surface area contributed by atoms with E-state index in [1.165, 1.54) is 6.07 Å². The molecule has 2 unspecified atom stereocenters. The molecule has 0 saturated carbocycles. The number of piperidine rings is 1. The third kappa shape index (κ3) is 2.23. The SMILES string of the molecule is CC(O)(c1ccc(F)cn1)C1CCCCN1. The number of halogens is 1. The van der Waals surface area contributed by atoms with Gasteiger partial charge in [0.15, 0.2) is 0 Å². The van der Waals surface area contributed by atoms with Crippen LogP contribution in [0.5, 0.6) is 0 Å². The minimum Gasteiger partial charge on any atom is -0.382 e. The van der Waals surface area contributed by atoms with Crippen LogP contribution in [-0.4, -0.2) is 22.7 Å². The highest BCUT2D eigenvalue weighted by Gasteiger charge is 2.35. The van der Waals surface area contributed by atoms with Crippen LogP contribution in [0.1, 0.15) is 31.9 Å². The summed E-state index contributed by atoms with van der Waals surface area (Å²) in [5.41, 5.74) is -0.512. The molecular formula is C12H17FN2O. The first-order chi connectivity index (χ1) is 7.60. The largest absolute Gasteiger partial charge is 0.382 e. The molecule has 0 radical (unpaired) electrons. The van der Waals surface area contributed by atoms with Crippen molar-refractivity contribution >= 4 is 0 Å². The van der Waals surface area contributed by atoms with Crippen LogP contribution in [0.15, 0.2) is 18.3 Å². The molecule has 1 aromatic rings. The van der Waals surface area contributed by atoms with Gasteiger partial charge in [0.2, 0.25) is 0 Å². The van der Waals surface area contributed by atoms with E-state index < -0.39 is 5.60 Å². The Labute approximate surface area is 94.7 Å². The summed E-state index contributed by atoms with van der Waals surface area (Å²) in [6.07, 6.45) is 4.32. The fraction of sp³-hybridized carbons (Fsp3) is 0.583. The molecule has 1 aromatic heterocycles. The third-order valence-corrected chi connectivity index (χ3v) is 3.23. The Morgan fingerprint density at radius 3 is 2.88 bits per heavy atom. The van der Waals surface area contributed by atoms with E-state index in [1.54, 1.807) is 13.0 Å². The fourth-order valence-corrected chi connectivity index (χ4v) is 2.19.